The first kappa shape index (κ1) is 24.7. The number of aromatic nitrogens is 2. The maximum absolute atomic E-state index is 15.5. The summed E-state index contributed by atoms with van der Waals surface area (Å²) in [6.45, 7) is 4.36. The minimum atomic E-state index is -3.51. The third-order valence-electron chi connectivity index (χ3n) is 7.04. The van der Waals surface area contributed by atoms with E-state index in [1.807, 2.05) is 25.1 Å². The molecule has 2 aliphatic heterocycles. The van der Waals surface area contributed by atoms with Crippen LogP contribution in [0, 0.1) is 18.7 Å². The molecule has 5 rings (SSSR count). The van der Waals surface area contributed by atoms with Crippen molar-refractivity contribution >= 4 is 26.6 Å². The molecule has 1 saturated heterocycles. The fourth-order valence-corrected chi connectivity index (χ4v) is 6.20. The van der Waals surface area contributed by atoms with Crippen LogP contribution >= 0.6 is 0 Å². The summed E-state index contributed by atoms with van der Waals surface area (Å²) in [7, 11) is -3.51. The quantitative estimate of drug-likeness (QED) is 0.513. The summed E-state index contributed by atoms with van der Waals surface area (Å²) in [6, 6.07) is 8.72. The van der Waals surface area contributed by atoms with Crippen LogP contribution in [-0.4, -0.2) is 57.5 Å². The fourth-order valence-electron chi connectivity index (χ4n) is 5.29. The van der Waals surface area contributed by atoms with Crippen LogP contribution in [0.4, 0.5) is 10.1 Å². The normalized spacial score (nSPS) is 17.5. The third kappa shape index (κ3) is 5.10. The smallest absolute Gasteiger partial charge is 0.232 e. The Hall–Kier alpha value is -2.98. The van der Waals surface area contributed by atoms with Crippen LogP contribution in [0.1, 0.15) is 36.6 Å². The van der Waals surface area contributed by atoms with Crippen LogP contribution in [-0.2, 0) is 10.0 Å². The zero-order chi connectivity index (χ0) is 25.3. The Morgan fingerprint density at radius 2 is 2.08 bits per heavy atom. The zero-order valence-corrected chi connectivity index (χ0v) is 21.4. The van der Waals surface area contributed by atoms with Gasteiger partial charge in [-0.1, -0.05) is 6.07 Å². The SMILES string of the molecule is Cc1ncc2c(OCCC(c3cc4c(cc3F)OCCN4S(C)(=O)=O)C3CCNCC3)cccc2n1. The zero-order valence-electron chi connectivity index (χ0n) is 20.5. The van der Waals surface area contributed by atoms with Gasteiger partial charge >= 0.3 is 0 Å². The number of piperidine rings is 1. The number of benzene rings is 2. The fraction of sp³-hybridized carbons (Fsp3) is 0.462. The number of ether oxygens (including phenoxy) is 2. The number of halogens is 1. The number of fused-ring (bicyclic) bond motifs is 2. The van der Waals surface area contributed by atoms with E-state index in [0.29, 0.717) is 35.9 Å². The predicted molar refractivity (Wildman–Crippen MR) is 137 cm³/mol. The topological polar surface area (TPSA) is 93.7 Å². The molecular formula is C26H31FN4O4S. The Balaban J connectivity index is 1.44. The van der Waals surface area contributed by atoms with Gasteiger partial charge in [0.25, 0.3) is 0 Å². The molecule has 36 heavy (non-hydrogen) atoms. The van der Waals surface area contributed by atoms with Gasteiger partial charge in [-0.25, -0.2) is 22.8 Å². The Kier molecular flexibility index (Phi) is 6.98. The van der Waals surface area contributed by atoms with Crippen molar-refractivity contribution in [3.8, 4) is 11.5 Å². The third-order valence-corrected chi connectivity index (χ3v) is 8.22. The molecular weight excluding hydrogens is 483 g/mol. The molecule has 0 aliphatic carbocycles. The number of sulfonamides is 1. The van der Waals surface area contributed by atoms with Gasteiger partial charge in [0.2, 0.25) is 10.0 Å². The molecule has 1 atom stereocenters. The Bertz CT molecular complexity index is 1360. The van der Waals surface area contributed by atoms with Gasteiger partial charge in [-0.2, -0.15) is 0 Å². The minimum Gasteiger partial charge on any atom is -0.493 e. The van der Waals surface area contributed by atoms with Crippen LogP contribution in [0.2, 0.25) is 0 Å². The highest BCUT2D eigenvalue weighted by atomic mass is 32.2. The summed E-state index contributed by atoms with van der Waals surface area (Å²) in [5.74, 6) is 1.40. The average Bonchev–Trinajstić information content (AvgIpc) is 2.86. The number of nitrogens with zero attached hydrogens (tertiary/aromatic N) is 3. The molecule has 0 amide bonds. The lowest BCUT2D eigenvalue weighted by molar-refractivity contribution is 0.246. The van der Waals surface area contributed by atoms with E-state index in [2.05, 4.69) is 15.3 Å². The van der Waals surface area contributed by atoms with Gasteiger partial charge in [-0.15, -0.1) is 0 Å². The number of rotatable bonds is 7. The second-order valence-electron chi connectivity index (χ2n) is 9.46. The highest BCUT2D eigenvalue weighted by Crippen LogP contribution is 2.42. The van der Waals surface area contributed by atoms with Gasteiger partial charge in [0.1, 0.15) is 29.7 Å². The van der Waals surface area contributed by atoms with Crippen LogP contribution in [0.15, 0.2) is 36.5 Å². The highest BCUT2D eigenvalue weighted by Gasteiger charge is 2.32. The van der Waals surface area contributed by atoms with Crippen molar-refractivity contribution in [1.82, 2.24) is 15.3 Å². The lowest BCUT2D eigenvalue weighted by Crippen LogP contribution is -2.37. The van der Waals surface area contributed by atoms with Gasteiger partial charge < -0.3 is 14.8 Å². The predicted octanol–water partition coefficient (Wildman–Crippen LogP) is 3.79. The van der Waals surface area contributed by atoms with Crippen molar-refractivity contribution in [2.24, 2.45) is 5.92 Å². The molecule has 0 radical (unpaired) electrons. The maximum Gasteiger partial charge on any atom is 0.232 e. The number of hydrogen-bond acceptors (Lipinski definition) is 7. The van der Waals surface area contributed by atoms with E-state index in [9.17, 15) is 8.42 Å². The number of hydrogen-bond donors (Lipinski definition) is 1. The monoisotopic (exact) mass is 514 g/mol. The van der Waals surface area contributed by atoms with Crippen molar-refractivity contribution in [2.45, 2.75) is 32.1 Å². The van der Waals surface area contributed by atoms with Gasteiger partial charge in [0.05, 0.1) is 36.0 Å². The molecule has 192 valence electrons. The lowest BCUT2D eigenvalue weighted by Gasteiger charge is -2.34. The summed E-state index contributed by atoms with van der Waals surface area (Å²) in [4.78, 5) is 8.77. The number of anilines is 1. The lowest BCUT2D eigenvalue weighted by atomic mass is 9.78. The van der Waals surface area contributed by atoms with E-state index in [0.717, 1.165) is 36.8 Å². The van der Waals surface area contributed by atoms with Crippen molar-refractivity contribution < 1.29 is 22.3 Å². The van der Waals surface area contributed by atoms with E-state index in [-0.39, 0.29) is 36.6 Å². The van der Waals surface area contributed by atoms with Gasteiger partial charge in [-0.05, 0) is 74.9 Å². The number of nitrogens with one attached hydrogen (secondary N) is 1. The van der Waals surface area contributed by atoms with Crippen LogP contribution < -0.4 is 19.1 Å². The Morgan fingerprint density at radius 1 is 1.28 bits per heavy atom. The molecule has 8 nitrogen and oxygen atoms in total. The van der Waals surface area contributed by atoms with Crippen LogP contribution in [0.5, 0.6) is 11.5 Å². The van der Waals surface area contributed by atoms with Gasteiger partial charge in [-0.3, -0.25) is 4.31 Å². The van der Waals surface area contributed by atoms with Gasteiger partial charge in [0.15, 0.2) is 0 Å². The average molecular weight is 515 g/mol. The molecule has 3 aromatic rings. The van der Waals surface area contributed by atoms with E-state index in [1.54, 1.807) is 12.3 Å². The maximum atomic E-state index is 15.5. The van der Waals surface area contributed by atoms with E-state index >= 15 is 4.39 Å². The largest absolute Gasteiger partial charge is 0.493 e. The second-order valence-corrected chi connectivity index (χ2v) is 11.4. The Morgan fingerprint density at radius 3 is 2.86 bits per heavy atom. The molecule has 0 spiro atoms. The molecule has 1 unspecified atom stereocenters. The van der Waals surface area contributed by atoms with Crippen molar-refractivity contribution in [3.05, 3.63) is 53.7 Å². The molecule has 1 aromatic heterocycles. The first-order valence-electron chi connectivity index (χ1n) is 12.3. The molecule has 2 aliphatic rings. The standard InChI is InChI=1S/C26H31FN4O4S/c1-17-29-16-21-23(30-17)4-3-5-25(21)34-12-8-19(18-6-9-28-10-7-18)20-14-24-26(15-22(20)27)35-13-11-31(24)36(2,32)33/h3-5,14-16,18-19,28H,6-13H2,1-2H3. The summed E-state index contributed by atoms with van der Waals surface area (Å²) >= 11 is 0. The molecule has 3 heterocycles. The van der Waals surface area contributed by atoms with Crippen LogP contribution in [0.3, 0.4) is 0 Å². The molecule has 1 N–H and O–H groups in total. The minimum absolute atomic E-state index is 0.130. The van der Waals surface area contributed by atoms with E-state index in [4.69, 9.17) is 9.47 Å². The Labute approximate surface area is 210 Å². The summed E-state index contributed by atoms with van der Waals surface area (Å²) < 4.78 is 53.4. The van der Waals surface area contributed by atoms with Gasteiger partial charge in [0, 0.05) is 12.3 Å². The number of aryl methyl sites for hydroxylation is 1. The molecule has 1 fully saturated rings. The van der Waals surface area contributed by atoms with E-state index in [1.165, 1.54) is 16.6 Å². The molecule has 0 saturated carbocycles. The first-order valence-corrected chi connectivity index (χ1v) is 14.2. The van der Waals surface area contributed by atoms with Crippen LogP contribution in [0.25, 0.3) is 10.9 Å². The molecule has 2 aromatic carbocycles. The molecule has 10 heteroatoms. The second kappa shape index (κ2) is 10.2. The van der Waals surface area contributed by atoms with E-state index < -0.39 is 10.0 Å². The summed E-state index contributed by atoms with van der Waals surface area (Å²) in [5, 5.41) is 4.21. The first-order chi connectivity index (χ1) is 17.3. The van der Waals surface area contributed by atoms with Crippen molar-refractivity contribution in [3.63, 3.8) is 0 Å². The summed E-state index contributed by atoms with van der Waals surface area (Å²) in [5.41, 5.74) is 1.73. The van der Waals surface area contributed by atoms with Crippen molar-refractivity contribution in [1.29, 1.82) is 0 Å². The molecule has 0 bridgehead atoms. The summed E-state index contributed by atoms with van der Waals surface area (Å²) in [6.07, 6.45) is 5.34. The van der Waals surface area contributed by atoms with Crippen molar-refractivity contribution in [2.75, 3.05) is 43.4 Å². The highest BCUT2D eigenvalue weighted by molar-refractivity contribution is 7.92.